The number of piperidine rings is 1. The number of rotatable bonds is 3. The standard InChI is InChI=1S/C13H18ClFN2O2S.ClH/c1-9-3-2-6-17(12(9)8-16)20(18,19)13-7-10(14)4-5-11(13)15;/h4-5,7,9,12H,2-3,6,8,16H2,1H3;1H. The molecule has 2 unspecified atom stereocenters. The minimum absolute atomic E-state index is 0. The van der Waals surface area contributed by atoms with Crippen LogP contribution in [0.4, 0.5) is 4.39 Å². The van der Waals surface area contributed by atoms with Crippen LogP contribution in [0.15, 0.2) is 23.1 Å². The van der Waals surface area contributed by atoms with Gasteiger partial charge in [-0.2, -0.15) is 4.31 Å². The van der Waals surface area contributed by atoms with Crippen molar-refractivity contribution in [1.82, 2.24) is 4.31 Å². The van der Waals surface area contributed by atoms with Crippen LogP contribution in [0.5, 0.6) is 0 Å². The summed E-state index contributed by atoms with van der Waals surface area (Å²) in [5.41, 5.74) is 5.70. The SMILES string of the molecule is CC1CCCN(S(=O)(=O)c2cc(Cl)ccc2F)C1CN.Cl. The number of sulfonamides is 1. The highest BCUT2D eigenvalue weighted by molar-refractivity contribution is 7.89. The molecule has 1 fully saturated rings. The van der Waals surface area contributed by atoms with E-state index in [2.05, 4.69) is 0 Å². The van der Waals surface area contributed by atoms with Gasteiger partial charge < -0.3 is 5.73 Å². The zero-order valence-electron chi connectivity index (χ0n) is 11.6. The summed E-state index contributed by atoms with van der Waals surface area (Å²) < 4.78 is 40.5. The van der Waals surface area contributed by atoms with Gasteiger partial charge in [0.15, 0.2) is 0 Å². The first kappa shape index (κ1) is 18.6. The van der Waals surface area contributed by atoms with Gasteiger partial charge in [-0.1, -0.05) is 18.5 Å². The topological polar surface area (TPSA) is 63.4 Å². The summed E-state index contributed by atoms with van der Waals surface area (Å²) in [5.74, 6) is -0.630. The predicted molar refractivity (Wildman–Crippen MR) is 83.8 cm³/mol. The van der Waals surface area contributed by atoms with Crippen molar-refractivity contribution in [3.63, 3.8) is 0 Å². The monoisotopic (exact) mass is 356 g/mol. The molecule has 1 aliphatic rings. The molecule has 120 valence electrons. The summed E-state index contributed by atoms with van der Waals surface area (Å²) >= 11 is 5.79. The van der Waals surface area contributed by atoms with Crippen molar-refractivity contribution >= 4 is 34.0 Å². The average Bonchev–Trinajstić information content (AvgIpc) is 2.41. The summed E-state index contributed by atoms with van der Waals surface area (Å²) in [4.78, 5) is -0.377. The third-order valence-corrected chi connectivity index (χ3v) is 5.96. The second kappa shape index (κ2) is 7.24. The lowest BCUT2D eigenvalue weighted by Gasteiger charge is -2.38. The molecule has 0 radical (unpaired) electrons. The van der Waals surface area contributed by atoms with Gasteiger partial charge in [-0.15, -0.1) is 12.4 Å². The van der Waals surface area contributed by atoms with Crippen molar-refractivity contribution in [3.8, 4) is 0 Å². The van der Waals surface area contributed by atoms with Gasteiger partial charge in [0.05, 0.1) is 0 Å². The number of nitrogens with zero attached hydrogens (tertiary/aromatic N) is 1. The first-order valence-electron chi connectivity index (χ1n) is 6.55. The van der Waals surface area contributed by atoms with Gasteiger partial charge in [0.2, 0.25) is 10.0 Å². The molecular weight excluding hydrogens is 338 g/mol. The molecule has 0 saturated carbocycles. The van der Waals surface area contributed by atoms with Crippen LogP contribution in [0.3, 0.4) is 0 Å². The lowest BCUT2D eigenvalue weighted by atomic mass is 9.93. The van der Waals surface area contributed by atoms with Gasteiger partial charge in [0.25, 0.3) is 0 Å². The number of halogens is 3. The Bertz CT molecular complexity index is 598. The second-order valence-corrected chi connectivity index (χ2v) is 7.41. The molecule has 0 spiro atoms. The van der Waals surface area contributed by atoms with E-state index in [1.807, 2.05) is 6.92 Å². The van der Waals surface area contributed by atoms with E-state index >= 15 is 0 Å². The fourth-order valence-corrected chi connectivity index (χ4v) is 4.76. The zero-order valence-corrected chi connectivity index (χ0v) is 14.0. The van der Waals surface area contributed by atoms with Crippen molar-refractivity contribution in [2.75, 3.05) is 13.1 Å². The van der Waals surface area contributed by atoms with Crippen LogP contribution in [0.25, 0.3) is 0 Å². The molecular formula is C13H19Cl2FN2O2S. The summed E-state index contributed by atoms with van der Waals surface area (Å²) in [5, 5.41) is 0.194. The van der Waals surface area contributed by atoms with Crippen LogP contribution in [-0.4, -0.2) is 31.9 Å². The van der Waals surface area contributed by atoms with E-state index in [4.69, 9.17) is 17.3 Å². The van der Waals surface area contributed by atoms with E-state index in [9.17, 15) is 12.8 Å². The molecule has 0 bridgehead atoms. The lowest BCUT2D eigenvalue weighted by molar-refractivity contribution is 0.192. The molecule has 0 aliphatic carbocycles. The van der Waals surface area contributed by atoms with Crippen LogP contribution in [0, 0.1) is 11.7 Å². The van der Waals surface area contributed by atoms with E-state index in [0.29, 0.717) is 6.54 Å². The van der Waals surface area contributed by atoms with Gasteiger partial charge in [0, 0.05) is 24.2 Å². The largest absolute Gasteiger partial charge is 0.329 e. The zero-order chi connectivity index (χ0) is 14.9. The summed E-state index contributed by atoms with van der Waals surface area (Å²) in [7, 11) is -3.92. The maximum atomic E-state index is 13.9. The average molecular weight is 357 g/mol. The Labute approximate surface area is 135 Å². The first-order valence-corrected chi connectivity index (χ1v) is 8.36. The van der Waals surface area contributed by atoms with E-state index in [-0.39, 0.29) is 40.8 Å². The van der Waals surface area contributed by atoms with Crippen molar-refractivity contribution in [2.45, 2.75) is 30.7 Å². The van der Waals surface area contributed by atoms with Crippen molar-refractivity contribution < 1.29 is 12.8 Å². The van der Waals surface area contributed by atoms with E-state index < -0.39 is 15.8 Å². The fourth-order valence-electron chi connectivity index (χ4n) is 2.66. The third-order valence-electron chi connectivity index (χ3n) is 3.79. The second-order valence-electron chi connectivity index (χ2n) is 5.11. The Hall–Kier alpha value is -0.400. The Balaban J connectivity index is 0.00000220. The Kier molecular flexibility index (Phi) is 6.43. The van der Waals surface area contributed by atoms with Gasteiger partial charge in [-0.3, -0.25) is 0 Å². The third kappa shape index (κ3) is 3.68. The van der Waals surface area contributed by atoms with Crippen LogP contribution >= 0.6 is 24.0 Å². The van der Waals surface area contributed by atoms with Crippen LogP contribution in [0.1, 0.15) is 19.8 Å². The van der Waals surface area contributed by atoms with Gasteiger partial charge >= 0.3 is 0 Å². The highest BCUT2D eigenvalue weighted by Crippen LogP contribution is 2.30. The van der Waals surface area contributed by atoms with Gasteiger partial charge in [0.1, 0.15) is 10.7 Å². The number of nitrogens with two attached hydrogens (primary N) is 1. The molecule has 1 saturated heterocycles. The Morgan fingerprint density at radius 1 is 1.48 bits per heavy atom. The van der Waals surface area contributed by atoms with E-state index in [0.717, 1.165) is 25.0 Å². The molecule has 2 atom stereocenters. The molecule has 8 heteroatoms. The lowest BCUT2D eigenvalue weighted by Crippen LogP contribution is -2.51. The predicted octanol–water partition coefficient (Wildman–Crippen LogP) is 2.65. The molecule has 4 nitrogen and oxygen atoms in total. The quantitative estimate of drug-likeness (QED) is 0.905. The molecule has 21 heavy (non-hydrogen) atoms. The van der Waals surface area contributed by atoms with Gasteiger partial charge in [-0.25, -0.2) is 12.8 Å². The van der Waals surface area contributed by atoms with Crippen molar-refractivity contribution in [3.05, 3.63) is 29.0 Å². The molecule has 2 rings (SSSR count). The maximum Gasteiger partial charge on any atom is 0.246 e. The normalized spacial score (nSPS) is 23.6. The van der Waals surface area contributed by atoms with Crippen molar-refractivity contribution in [1.29, 1.82) is 0 Å². The first-order chi connectivity index (χ1) is 9.37. The highest BCUT2D eigenvalue weighted by atomic mass is 35.5. The number of hydrogen-bond acceptors (Lipinski definition) is 3. The minimum atomic E-state index is -3.92. The molecule has 1 aromatic rings. The Morgan fingerprint density at radius 2 is 2.14 bits per heavy atom. The van der Waals surface area contributed by atoms with Gasteiger partial charge in [-0.05, 0) is 37.0 Å². The molecule has 0 amide bonds. The van der Waals surface area contributed by atoms with Crippen LogP contribution < -0.4 is 5.73 Å². The van der Waals surface area contributed by atoms with Crippen molar-refractivity contribution in [2.24, 2.45) is 11.7 Å². The molecule has 1 aliphatic heterocycles. The minimum Gasteiger partial charge on any atom is -0.329 e. The number of benzene rings is 1. The van der Waals surface area contributed by atoms with Crippen LogP contribution in [0.2, 0.25) is 5.02 Å². The van der Waals surface area contributed by atoms with E-state index in [1.165, 1.54) is 10.4 Å². The Morgan fingerprint density at radius 3 is 2.76 bits per heavy atom. The molecule has 2 N–H and O–H groups in total. The summed E-state index contributed by atoms with van der Waals surface area (Å²) in [6.45, 7) is 2.55. The smallest absolute Gasteiger partial charge is 0.246 e. The van der Waals surface area contributed by atoms with Crippen LogP contribution in [-0.2, 0) is 10.0 Å². The highest BCUT2D eigenvalue weighted by Gasteiger charge is 2.37. The number of hydrogen-bond donors (Lipinski definition) is 1. The van der Waals surface area contributed by atoms with E-state index in [1.54, 1.807) is 0 Å². The molecule has 1 aromatic carbocycles. The summed E-state index contributed by atoms with van der Waals surface area (Å²) in [6, 6.07) is 3.25. The summed E-state index contributed by atoms with van der Waals surface area (Å²) in [6.07, 6.45) is 1.67. The fraction of sp³-hybridized carbons (Fsp3) is 0.538. The molecule has 1 heterocycles. The molecule has 0 aromatic heterocycles. The maximum absolute atomic E-state index is 13.9.